The number of imidazole rings is 1. The van der Waals surface area contributed by atoms with Crippen molar-refractivity contribution in [2.45, 2.75) is 26.0 Å². The van der Waals surface area contributed by atoms with Crippen molar-refractivity contribution in [2.75, 3.05) is 39.8 Å². The maximum atomic E-state index is 12.9. The number of rotatable bonds is 7. The van der Waals surface area contributed by atoms with Gasteiger partial charge in [-0.2, -0.15) is 0 Å². The first-order valence-electron chi connectivity index (χ1n) is 9.21. The Morgan fingerprint density at radius 1 is 1.37 bits per heavy atom. The summed E-state index contributed by atoms with van der Waals surface area (Å²) in [6.07, 6.45) is 0.574. The number of aryl methyl sites for hydroxylation is 1. The molecule has 2 aromatic rings. The van der Waals surface area contributed by atoms with E-state index in [0.717, 1.165) is 23.3 Å². The van der Waals surface area contributed by atoms with Crippen molar-refractivity contribution in [1.82, 2.24) is 19.4 Å². The maximum absolute atomic E-state index is 12.9. The molecule has 1 N–H and O–H groups in total. The van der Waals surface area contributed by atoms with E-state index in [1.165, 1.54) is 0 Å². The first-order chi connectivity index (χ1) is 13.0. The molecule has 27 heavy (non-hydrogen) atoms. The highest BCUT2D eigenvalue weighted by molar-refractivity contribution is 5.81. The molecule has 0 aliphatic carbocycles. The van der Waals surface area contributed by atoms with Gasteiger partial charge in [0.15, 0.2) is 0 Å². The number of benzene rings is 1. The molecule has 8 nitrogen and oxygen atoms in total. The van der Waals surface area contributed by atoms with Crippen LogP contribution < -0.4 is 0 Å². The lowest BCUT2D eigenvalue weighted by molar-refractivity contribution is -0.142. The number of morpholine rings is 1. The molecule has 1 aromatic heterocycles. The van der Waals surface area contributed by atoms with Crippen molar-refractivity contribution >= 4 is 22.9 Å². The molecular weight excluding hydrogens is 348 g/mol. The van der Waals surface area contributed by atoms with Crippen LogP contribution in [0.25, 0.3) is 11.0 Å². The lowest BCUT2D eigenvalue weighted by atomic mass is 10.2. The van der Waals surface area contributed by atoms with Gasteiger partial charge < -0.3 is 19.3 Å². The molecule has 146 valence electrons. The van der Waals surface area contributed by atoms with E-state index in [9.17, 15) is 9.59 Å². The SMILES string of the molecule is CCc1nc2ccccc2n1CC(=O)N1CCO[C@@H](CN(C)CC(=O)O)C1. The molecule has 1 fully saturated rings. The van der Waals surface area contributed by atoms with E-state index in [-0.39, 0.29) is 25.1 Å². The van der Waals surface area contributed by atoms with Gasteiger partial charge in [-0.25, -0.2) is 4.98 Å². The second-order valence-electron chi connectivity index (χ2n) is 6.88. The molecule has 1 aromatic carbocycles. The Kier molecular flexibility index (Phi) is 6.08. The summed E-state index contributed by atoms with van der Waals surface area (Å²) < 4.78 is 7.70. The van der Waals surface area contributed by atoms with Gasteiger partial charge in [0.25, 0.3) is 0 Å². The third-order valence-corrected chi connectivity index (χ3v) is 4.76. The minimum absolute atomic E-state index is 0.0297. The van der Waals surface area contributed by atoms with E-state index in [4.69, 9.17) is 9.84 Å². The van der Waals surface area contributed by atoms with Crippen molar-refractivity contribution in [3.05, 3.63) is 30.1 Å². The zero-order valence-corrected chi connectivity index (χ0v) is 15.8. The fourth-order valence-corrected chi connectivity index (χ4v) is 3.51. The molecule has 0 saturated carbocycles. The van der Waals surface area contributed by atoms with E-state index >= 15 is 0 Å². The van der Waals surface area contributed by atoms with E-state index in [0.29, 0.717) is 26.2 Å². The van der Waals surface area contributed by atoms with Gasteiger partial charge >= 0.3 is 5.97 Å². The van der Waals surface area contributed by atoms with E-state index in [2.05, 4.69) is 4.98 Å². The number of aromatic nitrogens is 2. The van der Waals surface area contributed by atoms with E-state index in [1.807, 2.05) is 35.8 Å². The number of carbonyl (C=O) groups excluding carboxylic acids is 1. The van der Waals surface area contributed by atoms with Crippen molar-refractivity contribution in [1.29, 1.82) is 0 Å². The van der Waals surface area contributed by atoms with Crippen molar-refractivity contribution in [3.8, 4) is 0 Å². The average Bonchev–Trinajstić information content (AvgIpc) is 2.99. The summed E-state index contributed by atoms with van der Waals surface area (Å²) in [6, 6.07) is 7.84. The highest BCUT2D eigenvalue weighted by atomic mass is 16.5. The van der Waals surface area contributed by atoms with Crippen LogP contribution >= 0.6 is 0 Å². The van der Waals surface area contributed by atoms with Gasteiger partial charge in [-0.15, -0.1) is 0 Å². The molecule has 1 saturated heterocycles. The first kappa shape index (κ1) is 19.3. The third kappa shape index (κ3) is 4.64. The molecule has 1 atom stereocenters. The highest BCUT2D eigenvalue weighted by Crippen LogP contribution is 2.17. The van der Waals surface area contributed by atoms with Gasteiger partial charge in [-0.1, -0.05) is 19.1 Å². The topological polar surface area (TPSA) is 87.9 Å². The fourth-order valence-electron chi connectivity index (χ4n) is 3.51. The monoisotopic (exact) mass is 374 g/mol. The van der Waals surface area contributed by atoms with Gasteiger partial charge in [-0.05, 0) is 19.2 Å². The molecule has 0 spiro atoms. The number of likely N-dealkylation sites (N-methyl/N-ethyl adjacent to an activating group) is 1. The minimum atomic E-state index is -0.875. The molecule has 0 radical (unpaired) electrons. The molecule has 1 aliphatic heterocycles. The van der Waals surface area contributed by atoms with Crippen LogP contribution in [0.4, 0.5) is 0 Å². The predicted molar refractivity (Wildman–Crippen MR) is 101 cm³/mol. The summed E-state index contributed by atoms with van der Waals surface area (Å²) in [7, 11) is 1.74. The number of hydrogen-bond acceptors (Lipinski definition) is 5. The Bertz CT molecular complexity index is 819. The van der Waals surface area contributed by atoms with Crippen LogP contribution in [0.2, 0.25) is 0 Å². The van der Waals surface area contributed by atoms with Crippen LogP contribution in [0.1, 0.15) is 12.7 Å². The Balaban J connectivity index is 1.67. The van der Waals surface area contributed by atoms with Crippen LogP contribution in [0.5, 0.6) is 0 Å². The number of carboxylic acid groups (broad SMARTS) is 1. The van der Waals surface area contributed by atoms with Gasteiger partial charge in [0.2, 0.25) is 5.91 Å². The van der Waals surface area contributed by atoms with Crippen LogP contribution in [-0.4, -0.2) is 82.3 Å². The number of carbonyl (C=O) groups is 2. The Morgan fingerprint density at radius 3 is 2.89 bits per heavy atom. The number of nitrogens with zero attached hydrogens (tertiary/aromatic N) is 4. The summed E-state index contributed by atoms with van der Waals surface area (Å²) in [5.41, 5.74) is 1.87. The molecule has 3 rings (SSSR count). The van der Waals surface area contributed by atoms with Crippen LogP contribution in [-0.2, 0) is 27.3 Å². The Hall–Kier alpha value is -2.45. The molecule has 0 unspecified atom stereocenters. The summed E-state index contributed by atoms with van der Waals surface area (Å²) in [5, 5.41) is 8.88. The number of amides is 1. The number of aliphatic carboxylic acids is 1. The average molecular weight is 374 g/mol. The second kappa shape index (κ2) is 8.49. The zero-order valence-electron chi connectivity index (χ0n) is 15.8. The highest BCUT2D eigenvalue weighted by Gasteiger charge is 2.26. The number of carboxylic acids is 1. The summed E-state index contributed by atoms with van der Waals surface area (Å²) in [5.74, 6) is 0.0536. The third-order valence-electron chi connectivity index (χ3n) is 4.76. The van der Waals surface area contributed by atoms with Crippen LogP contribution in [0, 0.1) is 0 Å². The predicted octanol–water partition coefficient (Wildman–Crippen LogP) is 0.843. The van der Waals surface area contributed by atoms with Crippen molar-refractivity contribution < 1.29 is 19.4 Å². The number of fused-ring (bicyclic) bond motifs is 1. The van der Waals surface area contributed by atoms with Gasteiger partial charge in [0.1, 0.15) is 12.4 Å². The lowest BCUT2D eigenvalue weighted by Crippen LogP contribution is -2.50. The molecular formula is C19H26N4O4. The van der Waals surface area contributed by atoms with Gasteiger partial charge in [0, 0.05) is 26.1 Å². The lowest BCUT2D eigenvalue weighted by Gasteiger charge is -2.34. The zero-order chi connectivity index (χ0) is 19.4. The number of para-hydroxylation sites is 2. The number of hydrogen-bond donors (Lipinski definition) is 1. The minimum Gasteiger partial charge on any atom is -0.480 e. The standard InChI is InChI=1S/C19H26N4O4/c1-3-17-20-15-6-4-5-7-16(15)23(17)12-18(24)22-8-9-27-14(11-22)10-21(2)13-19(25)26/h4-7,14H,3,8-13H2,1-2H3,(H,25,26)/t14-/m0/s1. The largest absolute Gasteiger partial charge is 0.480 e. The summed E-state index contributed by atoms with van der Waals surface area (Å²) in [4.78, 5) is 31.8. The molecule has 1 amide bonds. The van der Waals surface area contributed by atoms with Crippen molar-refractivity contribution in [2.24, 2.45) is 0 Å². The van der Waals surface area contributed by atoms with Crippen molar-refractivity contribution in [3.63, 3.8) is 0 Å². The molecule has 2 heterocycles. The second-order valence-corrected chi connectivity index (χ2v) is 6.88. The fraction of sp³-hybridized carbons (Fsp3) is 0.526. The van der Waals surface area contributed by atoms with E-state index in [1.54, 1.807) is 16.8 Å². The van der Waals surface area contributed by atoms with Crippen LogP contribution in [0.15, 0.2) is 24.3 Å². The number of ether oxygens (including phenoxy) is 1. The van der Waals surface area contributed by atoms with Crippen LogP contribution in [0.3, 0.4) is 0 Å². The van der Waals surface area contributed by atoms with Gasteiger partial charge in [-0.3, -0.25) is 14.5 Å². The molecule has 0 bridgehead atoms. The van der Waals surface area contributed by atoms with E-state index < -0.39 is 5.97 Å². The quantitative estimate of drug-likeness (QED) is 0.773. The summed E-state index contributed by atoms with van der Waals surface area (Å²) >= 11 is 0. The Labute approximate surface area is 158 Å². The Morgan fingerprint density at radius 2 is 2.15 bits per heavy atom. The summed E-state index contributed by atoms with van der Waals surface area (Å²) in [6.45, 7) is 4.19. The molecule has 1 aliphatic rings. The maximum Gasteiger partial charge on any atom is 0.317 e. The molecule has 8 heteroatoms. The normalized spacial score (nSPS) is 17.6. The smallest absolute Gasteiger partial charge is 0.317 e. The van der Waals surface area contributed by atoms with Gasteiger partial charge in [0.05, 0.1) is 30.3 Å². The first-order valence-corrected chi connectivity index (χ1v) is 9.21.